The van der Waals surface area contributed by atoms with E-state index in [1.54, 1.807) is 6.07 Å². The molecule has 0 unspecified atom stereocenters. The van der Waals surface area contributed by atoms with Crippen LogP contribution in [0.3, 0.4) is 0 Å². The van der Waals surface area contributed by atoms with Gasteiger partial charge in [0, 0.05) is 23.6 Å². The van der Waals surface area contributed by atoms with Crippen LogP contribution < -0.4 is 0 Å². The van der Waals surface area contributed by atoms with Crippen molar-refractivity contribution < 1.29 is 12.8 Å². The molecule has 4 nitrogen and oxygen atoms in total. The van der Waals surface area contributed by atoms with E-state index in [1.165, 1.54) is 36.0 Å². The van der Waals surface area contributed by atoms with Gasteiger partial charge in [0.05, 0.1) is 22.6 Å². The lowest BCUT2D eigenvalue weighted by atomic mass is 10.3. The third-order valence-corrected chi connectivity index (χ3v) is 5.80. The van der Waals surface area contributed by atoms with E-state index in [1.807, 2.05) is 0 Å². The van der Waals surface area contributed by atoms with Crippen LogP contribution in [0, 0.1) is 0 Å². The second-order valence-electron chi connectivity index (χ2n) is 4.09. The summed E-state index contributed by atoms with van der Waals surface area (Å²) in [5.74, 6) is 0. The van der Waals surface area contributed by atoms with Crippen LogP contribution in [0.1, 0.15) is 5.56 Å². The molecule has 0 aliphatic rings. The minimum absolute atomic E-state index is 0.0726. The largest absolute Gasteiger partial charge is 0.472 e. The van der Waals surface area contributed by atoms with Crippen molar-refractivity contribution in [3.8, 4) is 0 Å². The van der Waals surface area contributed by atoms with E-state index in [2.05, 4.69) is 15.9 Å². The fourth-order valence-corrected chi connectivity index (χ4v) is 4.69. The van der Waals surface area contributed by atoms with E-state index in [0.717, 1.165) is 5.56 Å². The zero-order chi connectivity index (χ0) is 14.9. The van der Waals surface area contributed by atoms with E-state index in [4.69, 9.17) is 27.6 Å². The first-order chi connectivity index (χ1) is 9.32. The summed E-state index contributed by atoms with van der Waals surface area (Å²) in [5.41, 5.74) is 0.737. The fraction of sp³-hybridized carbons (Fsp3) is 0.167. The average Bonchev–Trinajstić information content (AvgIpc) is 2.79. The molecule has 1 aromatic carbocycles. The lowest BCUT2D eigenvalue weighted by molar-refractivity contribution is 0.463. The van der Waals surface area contributed by atoms with Crippen LogP contribution in [0.2, 0.25) is 10.0 Å². The van der Waals surface area contributed by atoms with Gasteiger partial charge in [-0.25, -0.2) is 8.42 Å². The number of furan rings is 1. The van der Waals surface area contributed by atoms with Gasteiger partial charge >= 0.3 is 0 Å². The highest BCUT2D eigenvalue weighted by molar-refractivity contribution is 9.10. The van der Waals surface area contributed by atoms with E-state index in [0.29, 0.717) is 4.47 Å². The monoisotopic (exact) mass is 397 g/mol. The number of nitrogens with zero attached hydrogens (tertiary/aromatic N) is 1. The van der Waals surface area contributed by atoms with Gasteiger partial charge in [0.25, 0.3) is 0 Å². The molecule has 0 radical (unpaired) electrons. The maximum atomic E-state index is 12.5. The van der Waals surface area contributed by atoms with Gasteiger partial charge < -0.3 is 4.42 Å². The van der Waals surface area contributed by atoms with Crippen LogP contribution in [0.25, 0.3) is 0 Å². The number of hydrogen-bond donors (Lipinski definition) is 0. The molecule has 1 heterocycles. The molecule has 0 amide bonds. The molecule has 0 bridgehead atoms. The van der Waals surface area contributed by atoms with Crippen molar-refractivity contribution in [2.75, 3.05) is 7.05 Å². The van der Waals surface area contributed by atoms with E-state index in [9.17, 15) is 8.42 Å². The topological polar surface area (TPSA) is 50.5 Å². The Hall–Kier alpha value is -0.530. The summed E-state index contributed by atoms with van der Waals surface area (Å²) in [5, 5.41) is 0.145. The highest BCUT2D eigenvalue weighted by Gasteiger charge is 2.27. The highest BCUT2D eigenvalue weighted by Crippen LogP contribution is 2.34. The molecule has 0 fully saturated rings. The van der Waals surface area contributed by atoms with Crippen molar-refractivity contribution in [3.05, 3.63) is 50.8 Å². The lowest BCUT2D eigenvalue weighted by Crippen LogP contribution is -2.26. The van der Waals surface area contributed by atoms with Gasteiger partial charge in [-0.15, -0.1) is 0 Å². The van der Waals surface area contributed by atoms with Crippen LogP contribution in [-0.4, -0.2) is 19.8 Å². The Kier molecular flexibility index (Phi) is 4.81. The molecule has 0 N–H and O–H groups in total. The molecule has 108 valence electrons. The number of hydrogen-bond acceptors (Lipinski definition) is 3. The molecule has 8 heteroatoms. The van der Waals surface area contributed by atoms with Gasteiger partial charge in [-0.1, -0.05) is 39.1 Å². The maximum Gasteiger partial charge on any atom is 0.246 e. The average molecular weight is 399 g/mol. The standard InChI is InChI=1S/C12H10BrCl2NO3S/c1-16(6-8-2-3-19-7-8)20(17,18)12-10(14)4-9(13)5-11(12)15/h2-5,7H,6H2,1H3. The van der Waals surface area contributed by atoms with Crippen molar-refractivity contribution in [2.24, 2.45) is 0 Å². The SMILES string of the molecule is CN(Cc1ccoc1)S(=O)(=O)c1c(Cl)cc(Br)cc1Cl. The molecule has 0 aliphatic heterocycles. The van der Waals surface area contributed by atoms with Crippen molar-refractivity contribution in [1.29, 1.82) is 0 Å². The van der Waals surface area contributed by atoms with Gasteiger partial charge in [0.15, 0.2) is 0 Å². The summed E-state index contributed by atoms with van der Waals surface area (Å²) in [7, 11) is -2.33. The molecule has 0 aliphatic carbocycles. The predicted octanol–water partition coefficient (Wildman–Crippen LogP) is 4.17. The first kappa shape index (κ1) is 15.9. The molecule has 2 aromatic rings. The fourth-order valence-electron chi connectivity index (χ4n) is 1.66. The van der Waals surface area contributed by atoms with Crippen molar-refractivity contribution >= 4 is 49.2 Å². The lowest BCUT2D eigenvalue weighted by Gasteiger charge is -2.18. The van der Waals surface area contributed by atoms with Crippen LogP contribution in [0.5, 0.6) is 0 Å². The quantitative estimate of drug-likeness (QED) is 0.776. The first-order valence-corrected chi connectivity index (χ1v) is 8.43. The molecule has 0 saturated heterocycles. The zero-order valence-corrected chi connectivity index (χ0v) is 14.2. The molecule has 20 heavy (non-hydrogen) atoms. The Bertz CT molecular complexity index is 693. The van der Waals surface area contributed by atoms with Crippen molar-refractivity contribution in [1.82, 2.24) is 4.31 Å². The first-order valence-electron chi connectivity index (χ1n) is 5.44. The summed E-state index contributed by atoms with van der Waals surface area (Å²) in [4.78, 5) is -0.102. The minimum atomic E-state index is -3.79. The molecular formula is C12H10BrCl2NO3S. The summed E-state index contributed by atoms with van der Waals surface area (Å²) >= 11 is 15.2. The van der Waals surface area contributed by atoms with Gasteiger partial charge in [-0.2, -0.15) is 4.31 Å². The summed E-state index contributed by atoms with van der Waals surface area (Å²) < 4.78 is 31.7. The second-order valence-corrected chi connectivity index (χ2v) is 7.80. The Balaban J connectivity index is 2.40. The molecule has 0 atom stereocenters. The van der Waals surface area contributed by atoms with E-state index in [-0.39, 0.29) is 21.5 Å². The Morgan fingerprint density at radius 3 is 2.40 bits per heavy atom. The van der Waals surface area contributed by atoms with Crippen LogP contribution in [0.15, 0.2) is 44.5 Å². The molecular weight excluding hydrogens is 389 g/mol. The number of halogens is 3. The Morgan fingerprint density at radius 2 is 1.90 bits per heavy atom. The summed E-state index contributed by atoms with van der Waals surface area (Å²) in [6, 6.07) is 4.68. The normalized spacial score (nSPS) is 12.1. The van der Waals surface area contributed by atoms with Crippen LogP contribution >= 0.6 is 39.1 Å². The molecule has 0 saturated carbocycles. The molecule has 2 rings (SSSR count). The van der Waals surface area contributed by atoms with Crippen molar-refractivity contribution in [3.63, 3.8) is 0 Å². The third-order valence-electron chi connectivity index (χ3n) is 2.62. The Morgan fingerprint density at radius 1 is 1.30 bits per heavy atom. The molecule has 0 spiro atoms. The van der Waals surface area contributed by atoms with Gasteiger partial charge in [-0.3, -0.25) is 0 Å². The third kappa shape index (κ3) is 3.20. The maximum absolute atomic E-state index is 12.5. The molecule has 1 aromatic heterocycles. The van der Waals surface area contributed by atoms with Gasteiger partial charge in [-0.05, 0) is 18.2 Å². The highest BCUT2D eigenvalue weighted by atomic mass is 79.9. The van der Waals surface area contributed by atoms with E-state index < -0.39 is 10.0 Å². The number of benzene rings is 1. The number of rotatable bonds is 4. The summed E-state index contributed by atoms with van der Waals surface area (Å²) in [6.07, 6.45) is 2.96. The number of sulfonamides is 1. The Labute approximate surface area is 135 Å². The van der Waals surface area contributed by atoms with Crippen molar-refractivity contribution in [2.45, 2.75) is 11.4 Å². The van der Waals surface area contributed by atoms with E-state index >= 15 is 0 Å². The smallest absolute Gasteiger partial charge is 0.246 e. The van der Waals surface area contributed by atoms with Gasteiger partial charge in [0.1, 0.15) is 4.90 Å². The minimum Gasteiger partial charge on any atom is -0.472 e. The van der Waals surface area contributed by atoms with Crippen LogP contribution in [0.4, 0.5) is 0 Å². The second kappa shape index (κ2) is 6.07. The predicted molar refractivity (Wildman–Crippen MR) is 81.5 cm³/mol. The summed E-state index contributed by atoms with van der Waals surface area (Å²) in [6.45, 7) is 0.168. The van der Waals surface area contributed by atoms with Gasteiger partial charge in [0.2, 0.25) is 10.0 Å². The van der Waals surface area contributed by atoms with Crippen LogP contribution in [-0.2, 0) is 16.6 Å². The zero-order valence-electron chi connectivity index (χ0n) is 10.3.